The summed E-state index contributed by atoms with van der Waals surface area (Å²) in [5, 5.41) is 0.454. The molecule has 0 atom stereocenters. The quantitative estimate of drug-likeness (QED) is 0.652. The zero-order valence-electron chi connectivity index (χ0n) is 5.33. The zero-order chi connectivity index (χ0) is 7.84. The Morgan fingerprint density at radius 3 is 3.18 bits per heavy atom. The summed E-state index contributed by atoms with van der Waals surface area (Å²) in [4.78, 5) is 7.98. The van der Waals surface area contributed by atoms with Crippen molar-refractivity contribution in [2.45, 2.75) is 0 Å². The summed E-state index contributed by atoms with van der Waals surface area (Å²) in [7, 11) is 0. The summed E-state index contributed by atoms with van der Waals surface area (Å²) < 4.78 is 2.67. The molecule has 0 bridgehead atoms. The highest BCUT2D eigenvalue weighted by molar-refractivity contribution is 9.10. The summed E-state index contributed by atoms with van der Waals surface area (Å²) in [6.45, 7) is 0. The summed E-state index contributed by atoms with van der Waals surface area (Å²) in [6.07, 6.45) is 3.49. The van der Waals surface area contributed by atoms with Gasteiger partial charge in [-0.3, -0.25) is 4.40 Å². The second kappa shape index (κ2) is 2.46. The maximum atomic E-state index is 5.65. The van der Waals surface area contributed by atoms with Crippen LogP contribution in [0.5, 0.6) is 0 Å². The highest BCUT2D eigenvalue weighted by atomic mass is 79.9. The molecule has 56 valence electrons. The van der Waals surface area contributed by atoms with Crippen molar-refractivity contribution in [1.82, 2.24) is 14.4 Å². The predicted molar refractivity (Wildman–Crippen MR) is 45.7 cm³/mol. The Balaban J connectivity index is 2.86. The highest BCUT2D eigenvalue weighted by Crippen LogP contribution is 2.12. The summed E-state index contributed by atoms with van der Waals surface area (Å²) in [6, 6.07) is 1.71. The molecule has 0 saturated carbocycles. The van der Waals surface area contributed by atoms with Gasteiger partial charge in [0.2, 0.25) is 5.78 Å². The molecule has 3 nitrogen and oxygen atoms in total. The minimum absolute atomic E-state index is 0.454. The molecule has 0 fully saturated rings. The zero-order valence-corrected chi connectivity index (χ0v) is 7.67. The van der Waals surface area contributed by atoms with Gasteiger partial charge >= 0.3 is 0 Å². The molecule has 0 aromatic carbocycles. The van der Waals surface area contributed by atoms with Crippen LogP contribution in [0.2, 0.25) is 5.15 Å². The molecule has 0 aliphatic rings. The van der Waals surface area contributed by atoms with Gasteiger partial charge in [0, 0.05) is 6.20 Å². The number of halogens is 2. The largest absolute Gasteiger partial charge is 0.278 e. The molecule has 2 heterocycles. The SMILES string of the molecule is Clc1ccn2c(Br)cnc2n1. The smallest absolute Gasteiger partial charge is 0.236 e. The summed E-state index contributed by atoms with van der Waals surface area (Å²) in [5.41, 5.74) is 0. The number of fused-ring (bicyclic) bond motifs is 1. The minimum Gasteiger partial charge on any atom is -0.278 e. The van der Waals surface area contributed by atoms with E-state index in [-0.39, 0.29) is 0 Å². The van der Waals surface area contributed by atoms with Crippen molar-refractivity contribution in [2.75, 3.05) is 0 Å². The van der Waals surface area contributed by atoms with Crippen LogP contribution < -0.4 is 0 Å². The fraction of sp³-hybridized carbons (Fsp3) is 0. The van der Waals surface area contributed by atoms with Crippen molar-refractivity contribution in [3.63, 3.8) is 0 Å². The van der Waals surface area contributed by atoms with Crippen LogP contribution in [-0.2, 0) is 0 Å². The van der Waals surface area contributed by atoms with Crippen molar-refractivity contribution in [3.8, 4) is 0 Å². The lowest BCUT2D eigenvalue weighted by Crippen LogP contribution is -1.87. The third kappa shape index (κ3) is 1.12. The van der Waals surface area contributed by atoms with Crippen LogP contribution in [0.25, 0.3) is 5.78 Å². The Morgan fingerprint density at radius 1 is 1.55 bits per heavy atom. The molecule has 0 amide bonds. The van der Waals surface area contributed by atoms with E-state index in [1.54, 1.807) is 16.7 Å². The fourth-order valence-corrected chi connectivity index (χ4v) is 1.33. The lowest BCUT2D eigenvalue weighted by molar-refractivity contribution is 1.09. The first-order valence-corrected chi connectivity index (χ1v) is 4.09. The van der Waals surface area contributed by atoms with Crippen LogP contribution in [0.4, 0.5) is 0 Å². The number of nitrogens with zero attached hydrogens (tertiary/aromatic N) is 3. The Hall–Kier alpha value is -0.610. The van der Waals surface area contributed by atoms with Crippen molar-refractivity contribution < 1.29 is 0 Å². The van der Waals surface area contributed by atoms with Crippen LogP contribution in [0.1, 0.15) is 0 Å². The normalized spacial score (nSPS) is 10.7. The molecule has 0 saturated heterocycles. The Labute approximate surface area is 76.2 Å². The standard InChI is InChI=1S/C6H3BrClN3/c7-4-3-9-6-10-5(8)1-2-11(4)6/h1-3H. The lowest BCUT2D eigenvalue weighted by Gasteiger charge is -1.92. The van der Waals surface area contributed by atoms with E-state index in [2.05, 4.69) is 25.9 Å². The molecule has 0 unspecified atom stereocenters. The van der Waals surface area contributed by atoms with Crippen LogP contribution >= 0.6 is 27.5 Å². The maximum absolute atomic E-state index is 5.65. The first kappa shape index (κ1) is 7.06. The first-order valence-electron chi connectivity index (χ1n) is 2.92. The number of aromatic nitrogens is 3. The van der Waals surface area contributed by atoms with E-state index in [1.165, 1.54) is 0 Å². The molecule has 0 radical (unpaired) electrons. The Morgan fingerprint density at radius 2 is 2.36 bits per heavy atom. The van der Waals surface area contributed by atoms with E-state index in [9.17, 15) is 0 Å². The average molecular weight is 232 g/mol. The maximum Gasteiger partial charge on any atom is 0.236 e. The van der Waals surface area contributed by atoms with Crippen molar-refractivity contribution >= 4 is 33.3 Å². The third-order valence-corrected chi connectivity index (χ3v) is 2.10. The van der Waals surface area contributed by atoms with Gasteiger partial charge in [-0.25, -0.2) is 9.97 Å². The average Bonchev–Trinajstić information content (AvgIpc) is 2.32. The van der Waals surface area contributed by atoms with E-state index in [1.807, 2.05) is 6.20 Å². The molecule has 2 aromatic rings. The van der Waals surface area contributed by atoms with E-state index in [4.69, 9.17) is 11.6 Å². The molecule has 0 N–H and O–H groups in total. The highest BCUT2D eigenvalue weighted by Gasteiger charge is 1.99. The monoisotopic (exact) mass is 231 g/mol. The van der Waals surface area contributed by atoms with Gasteiger partial charge < -0.3 is 0 Å². The topological polar surface area (TPSA) is 30.2 Å². The fourth-order valence-electron chi connectivity index (χ4n) is 0.820. The van der Waals surface area contributed by atoms with Gasteiger partial charge in [-0.1, -0.05) is 11.6 Å². The molecule has 11 heavy (non-hydrogen) atoms. The second-order valence-corrected chi connectivity index (χ2v) is 3.20. The van der Waals surface area contributed by atoms with Gasteiger partial charge in [0.15, 0.2) is 0 Å². The number of hydrogen-bond acceptors (Lipinski definition) is 2. The number of rotatable bonds is 0. The summed E-state index contributed by atoms with van der Waals surface area (Å²) in [5.74, 6) is 0.601. The molecular weight excluding hydrogens is 229 g/mol. The third-order valence-electron chi connectivity index (χ3n) is 1.30. The van der Waals surface area contributed by atoms with Gasteiger partial charge in [0.05, 0.1) is 6.20 Å². The minimum atomic E-state index is 0.454. The van der Waals surface area contributed by atoms with Crippen molar-refractivity contribution in [3.05, 3.63) is 28.2 Å². The Kier molecular flexibility index (Phi) is 1.58. The molecule has 0 spiro atoms. The van der Waals surface area contributed by atoms with Crippen LogP contribution in [0, 0.1) is 0 Å². The summed E-state index contributed by atoms with van der Waals surface area (Å²) >= 11 is 8.96. The van der Waals surface area contributed by atoms with E-state index in [0.29, 0.717) is 10.9 Å². The van der Waals surface area contributed by atoms with Gasteiger partial charge in [-0.05, 0) is 22.0 Å². The van der Waals surface area contributed by atoms with Crippen molar-refractivity contribution in [2.24, 2.45) is 0 Å². The second-order valence-electron chi connectivity index (χ2n) is 2.00. The molecule has 0 aliphatic heterocycles. The molecular formula is C6H3BrClN3. The molecule has 5 heteroatoms. The van der Waals surface area contributed by atoms with E-state index >= 15 is 0 Å². The van der Waals surface area contributed by atoms with Crippen LogP contribution in [0.3, 0.4) is 0 Å². The van der Waals surface area contributed by atoms with Crippen LogP contribution in [-0.4, -0.2) is 14.4 Å². The number of hydrogen-bond donors (Lipinski definition) is 0. The molecule has 0 aliphatic carbocycles. The number of imidazole rings is 1. The predicted octanol–water partition coefficient (Wildman–Crippen LogP) is 2.15. The van der Waals surface area contributed by atoms with E-state index < -0.39 is 0 Å². The van der Waals surface area contributed by atoms with Gasteiger partial charge in [0.25, 0.3) is 0 Å². The first-order chi connectivity index (χ1) is 5.27. The lowest BCUT2D eigenvalue weighted by atomic mass is 10.7. The van der Waals surface area contributed by atoms with Gasteiger partial charge in [0.1, 0.15) is 9.76 Å². The van der Waals surface area contributed by atoms with Gasteiger partial charge in [-0.2, -0.15) is 0 Å². The Bertz CT molecular complexity index is 398. The van der Waals surface area contributed by atoms with Gasteiger partial charge in [-0.15, -0.1) is 0 Å². The van der Waals surface area contributed by atoms with Crippen molar-refractivity contribution in [1.29, 1.82) is 0 Å². The molecule has 2 rings (SSSR count). The van der Waals surface area contributed by atoms with Crippen LogP contribution in [0.15, 0.2) is 23.1 Å². The molecule has 2 aromatic heterocycles. The van der Waals surface area contributed by atoms with E-state index in [0.717, 1.165) is 4.60 Å².